The summed E-state index contributed by atoms with van der Waals surface area (Å²) in [5, 5.41) is 0.0681. The number of nitrogens with zero attached hydrogens (tertiary/aromatic N) is 1. The maximum Gasteiger partial charge on any atom is 0.144 e. The van der Waals surface area contributed by atoms with E-state index in [1.54, 1.807) is 6.07 Å². The second kappa shape index (κ2) is 6.11. The van der Waals surface area contributed by atoms with E-state index in [0.717, 1.165) is 23.0 Å². The van der Waals surface area contributed by atoms with E-state index in [4.69, 9.17) is 23.8 Å². The second-order valence-corrected chi connectivity index (χ2v) is 5.65. The molecule has 2 rings (SSSR count). The first kappa shape index (κ1) is 14.6. The van der Waals surface area contributed by atoms with E-state index in [-0.39, 0.29) is 5.02 Å². The predicted octanol–water partition coefficient (Wildman–Crippen LogP) is 5.31. The second-order valence-electron chi connectivity index (χ2n) is 4.06. The number of hydrogen-bond acceptors (Lipinski definition) is 2. The summed E-state index contributed by atoms with van der Waals surface area (Å²) in [6.45, 7) is 2.08. The van der Waals surface area contributed by atoms with Gasteiger partial charge in [0.15, 0.2) is 0 Å². The van der Waals surface area contributed by atoms with Crippen LogP contribution in [0.4, 0.5) is 4.39 Å². The van der Waals surface area contributed by atoms with Gasteiger partial charge in [0.25, 0.3) is 0 Å². The normalized spacial score (nSPS) is 10.7. The van der Waals surface area contributed by atoms with Gasteiger partial charge in [-0.25, -0.2) is 9.37 Å². The fourth-order valence-corrected chi connectivity index (χ4v) is 2.49. The summed E-state index contributed by atoms with van der Waals surface area (Å²) in [4.78, 5) is 7.50. The van der Waals surface area contributed by atoms with Gasteiger partial charge in [-0.3, -0.25) is 0 Å². The van der Waals surface area contributed by atoms with Crippen molar-refractivity contribution in [1.29, 1.82) is 0 Å². The van der Waals surface area contributed by atoms with Crippen LogP contribution in [0.3, 0.4) is 0 Å². The van der Waals surface area contributed by atoms with Crippen LogP contribution in [0.5, 0.6) is 0 Å². The number of aryl methyl sites for hydroxylation is 1. The molecule has 0 bridgehead atoms. The van der Waals surface area contributed by atoms with E-state index in [2.05, 4.69) is 32.8 Å². The average Bonchev–Trinajstić information content (AvgIpc) is 2.38. The maximum absolute atomic E-state index is 13.2. The van der Waals surface area contributed by atoms with Crippen molar-refractivity contribution >= 4 is 39.7 Å². The van der Waals surface area contributed by atoms with Crippen molar-refractivity contribution in [2.45, 2.75) is 19.8 Å². The lowest BCUT2D eigenvalue weighted by Crippen LogP contribution is -1.98. The Morgan fingerprint density at radius 1 is 1.47 bits per heavy atom. The molecule has 0 saturated heterocycles. The molecule has 0 spiro atoms. The van der Waals surface area contributed by atoms with Crippen LogP contribution in [0.15, 0.2) is 22.7 Å². The third-order valence-electron chi connectivity index (χ3n) is 2.63. The van der Waals surface area contributed by atoms with Crippen LogP contribution in [-0.2, 0) is 6.42 Å². The number of aromatic amines is 1. The predicted molar refractivity (Wildman–Crippen MR) is 81.5 cm³/mol. The topological polar surface area (TPSA) is 28.7 Å². The number of rotatable bonds is 3. The summed E-state index contributed by atoms with van der Waals surface area (Å²) in [6.07, 6.45) is 1.84. The Balaban J connectivity index is 2.56. The van der Waals surface area contributed by atoms with Crippen molar-refractivity contribution in [2.24, 2.45) is 0 Å². The Hall–Kier alpha value is -0.780. The van der Waals surface area contributed by atoms with Crippen molar-refractivity contribution in [1.82, 2.24) is 9.97 Å². The van der Waals surface area contributed by atoms with Gasteiger partial charge in [0.05, 0.1) is 9.50 Å². The van der Waals surface area contributed by atoms with Gasteiger partial charge >= 0.3 is 0 Å². The molecule has 19 heavy (non-hydrogen) atoms. The Morgan fingerprint density at radius 2 is 2.21 bits per heavy atom. The van der Waals surface area contributed by atoms with Crippen LogP contribution >= 0.6 is 39.7 Å². The summed E-state index contributed by atoms with van der Waals surface area (Å²) in [5.41, 5.74) is 1.69. The van der Waals surface area contributed by atoms with Crippen LogP contribution in [-0.4, -0.2) is 9.97 Å². The standard InChI is InChI=1S/C13H11BrClFN2S/c1-2-3-10-11(14)13(19)18-12(17-10)7-4-5-9(16)8(15)6-7/h4-6H,2-3H2,1H3,(H,17,18,19). The lowest BCUT2D eigenvalue weighted by Gasteiger charge is -2.08. The van der Waals surface area contributed by atoms with Gasteiger partial charge in [-0.15, -0.1) is 0 Å². The molecule has 0 aliphatic carbocycles. The number of H-pyrrole nitrogens is 1. The first-order chi connectivity index (χ1) is 9.02. The first-order valence-electron chi connectivity index (χ1n) is 5.77. The molecule has 2 nitrogen and oxygen atoms in total. The van der Waals surface area contributed by atoms with Crippen molar-refractivity contribution in [2.75, 3.05) is 0 Å². The molecular formula is C13H11BrClFN2S. The smallest absolute Gasteiger partial charge is 0.144 e. The molecule has 0 fully saturated rings. The van der Waals surface area contributed by atoms with Crippen LogP contribution in [0.1, 0.15) is 19.0 Å². The molecule has 0 radical (unpaired) electrons. The van der Waals surface area contributed by atoms with E-state index in [9.17, 15) is 4.39 Å². The molecule has 6 heteroatoms. The lowest BCUT2D eigenvalue weighted by molar-refractivity contribution is 0.628. The Kier molecular flexibility index (Phi) is 4.71. The molecule has 0 amide bonds. The molecule has 1 aromatic heterocycles. The minimum absolute atomic E-state index is 0.0681. The lowest BCUT2D eigenvalue weighted by atomic mass is 10.2. The highest BCUT2D eigenvalue weighted by Gasteiger charge is 2.09. The third kappa shape index (κ3) is 3.22. The minimum atomic E-state index is -0.449. The summed E-state index contributed by atoms with van der Waals surface area (Å²) in [6, 6.07) is 4.48. The monoisotopic (exact) mass is 360 g/mol. The number of nitrogens with one attached hydrogen (secondary N) is 1. The highest BCUT2D eigenvalue weighted by Crippen LogP contribution is 2.25. The minimum Gasteiger partial charge on any atom is -0.342 e. The molecular weight excluding hydrogens is 351 g/mol. The molecule has 2 aromatic rings. The van der Waals surface area contributed by atoms with Gasteiger partial charge in [0.1, 0.15) is 16.3 Å². The fraction of sp³-hybridized carbons (Fsp3) is 0.231. The molecule has 0 saturated carbocycles. The average molecular weight is 362 g/mol. The Labute approximate surface area is 129 Å². The summed E-state index contributed by atoms with van der Waals surface area (Å²) in [5.74, 6) is 0.147. The van der Waals surface area contributed by atoms with E-state index in [1.165, 1.54) is 12.1 Å². The van der Waals surface area contributed by atoms with Crippen LogP contribution in [0, 0.1) is 10.5 Å². The van der Waals surface area contributed by atoms with Gasteiger partial charge in [-0.1, -0.05) is 37.2 Å². The van der Waals surface area contributed by atoms with Crippen LogP contribution in [0.2, 0.25) is 5.02 Å². The number of hydrogen-bond donors (Lipinski definition) is 1. The van der Waals surface area contributed by atoms with Gasteiger partial charge < -0.3 is 4.98 Å². The summed E-state index contributed by atoms with van der Waals surface area (Å²) in [7, 11) is 0. The van der Waals surface area contributed by atoms with E-state index in [1.807, 2.05) is 0 Å². The molecule has 0 atom stereocenters. The van der Waals surface area contributed by atoms with Crippen molar-refractivity contribution in [3.8, 4) is 11.4 Å². The van der Waals surface area contributed by atoms with E-state index < -0.39 is 5.82 Å². The Morgan fingerprint density at radius 3 is 2.84 bits per heavy atom. The van der Waals surface area contributed by atoms with Crippen LogP contribution < -0.4 is 0 Å². The quantitative estimate of drug-likeness (QED) is 0.750. The highest BCUT2D eigenvalue weighted by molar-refractivity contribution is 9.10. The van der Waals surface area contributed by atoms with E-state index in [0.29, 0.717) is 16.0 Å². The number of aromatic nitrogens is 2. The van der Waals surface area contributed by atoms with Gasteiger partial charge in [0, 0.05) is 11.3 Å². The first-order valence-corrected chi connectivity index (χ1v) is 7.35. The van der Waals surface area contributed by atoms with Crippen LogP contribution in [0.25, 0.3) is 11.4 Å². The van der Waals surface area contributed by atoms with Gasteiger partial charge in [-0.05, 0) is 40.5 Å². The molecule has 1 heterocycles. The highest BCUT2D eigenvalue weighted by atomic mass is 79.9. The van der Waals surface area contributed by atoms with Gasteiger partial charge in [-0.2, -0.15) is 0 Å². The molecule has 100 valence electrons. The summed E-state index contributed by atoms with van der Waals surface area (Å²) >= 11 is 14.4. The van der Waals surface area contributed by atoms with E-state index >= 15 is 0 Å². The third-order valence-corrected chi connectivity index (χ3v) is 4.33. The van der Waals surface area contributed by atoms with Crippen molar-refractivity contribution < 1.29 is 4.39 Å². The SMILES string of the molecule is CCCc1[nH]c(-c2ccc(F)c(Cl)c2)nc(=S)c1Br. The molecule has 1 N–H and O–H groups in total. The zero-order chi connectivity index (χ0) is 14.0. The van der Waals surface area contributed by atoms with Crippen molar-refractivity contribution in [3.63, 3.8) is 0 Å². The Bertz CT molecular complexity index is 672. The molecule has 0 aliphatic heterocycles. The molecule has 0 unspecified atom stereocenters. The summed E-state index contributed by atoms with van der Waals surface area (Å²) < 4.78 is 14.5. The zero-order valence-corrected chi connectivity index (χ0v) is 13.3. The van der Waals surface area contributed by atoms with Gasteiger partial charge in [0.2, 0.25) is 0 Å². The number of halogens is 3. The molecule has 0 aliphatic rings. The molecule has 1 aromatic carbocycles. The largest absolute Gasteiger partial charge is 0.342 e. The zero-order valence-electron chi connectivity index (χ0n) is 10.1. The maximum atomic E-state index is 13.2. The fourth-order valence-electron chi connectivity index (χ4n) is 1.71. The van der Waals surface area contributed by atoms with Crippen molar-refractivity contribution in [3.05, 3.63) is 43.8 Å². The number of benzene rings is 1.